The van der Waals surface area contributed by atoms with Gasteiger partial charge in [0, 0.05) is 6.61 Å². The van der Waals surface area contributed by atoms with E-state index in [1.54, 1.807) is 0 Å². The second kappa shape index (κ2) is 10.4. The zero-order chi connectivity index (χ0) is 11.5. The molecule has 0 fully saturated rings. The zero-order valence-electron chi connectivity index (χ0n) is 10.0. The summed E-state index contributed by atoms with van der Waals surface area (Å²) in [6.07, 6.45) is 5.13. The van der Waals surface area contributed by atoms with Gasteiger partial charge in [-0.1, -0.05) is 25.7 Å². The Bertz CT molecular complexity index is 129. The second-order valence-corrected chi connectivity index (χ2v) is 4.26. The van der Waals surface area contributed by atoms with Crippen LogP contribution in [0, 0.1) is 0 Å². The fourth-order valence-electron chi connectivity index (χ4n) is 1.41. The fraction of sp³-hybridized carbons (Fsp3) is 1.00. The molecule has 0 aromatic heterocycles. The van der Waals surface area contributed by atoms with Crippen molar-refractivity contribution in [3.8, 4) is 0 Å². The third kappa shape index (κ3) is 11.8. The molecule has 0 aliphatic rings. The Hall–Kier alpha value is -0.150. The predicted octanol–water partition coefficient (Wildman–Crippen LogP) is 3.08. The lowest BCUT2D eigenvalue weighted by atomic mass is 10.1. The maximum Gasteiger partial charge on any atom is 0.123 e. The first-order valence-electron chi connectivity index (χ1n) is 6.03. The molecule has 0 aromatic rings. The number of halogens is 1. The summed E-state index contributed by atoms with van der Waals surface area (Å²) in [7, 11) is 0. The lowest BCUT2D eigenvalue weighted by Crippen LogP contribution is -2.05. The van der Waals surface area contributed by atoms with Gasteiger partial charge in [-0.3, -0.25) is 0 Å². The molecule has 1 atom stereocenters. The Labute approximate surface area is 92.8 Å². The SMILES string of the molecule is CC(C)OCCCCCCCC(F)CO. The molecule has 15 heavy (non-hydrogen) atoms. The van der Waals surface area contributed by atoms with E-state index < -0.39 is 6.17 Å². The van der Waals surface area contributed by atoms with E-state index in [1.807, 2.05) is 13.8 Å². The van der Waals surface area contributed by atoms with Crippen molar-refractivity contribution in [3.63, 3.8) is 0 Å². The van der Waals surface area contributed by atoms with Crippen LogP contribution in [0.15, 0.2) is 0 Å². The first kappa shape index (κ1) is 14.8. The Morgan fingerprint density at radius 1 is 1.07 bits per heavy atom. The van der Waals surface area contributed by atoms with E-state index in [2.05, 4.69) is 0 Å². The molecular formula is C12H25FO2. The highest BCUT2D eigenvalue weighted by atomic mass is 19.1. The molecule has 0 aliphatic heterocycles. The molecule has 0 saturated heterocycles. The number of hydrogen-bond donors (Lipinski definition) is 1. The number of ether oxygens (including phenoxy) is 1. The monoisotopic (exact) mass is 220 g/mol. The molecule has 0 heterocycles. The Balaban J connectivity index is 2.99. The number of rotatable bonds is 10. The first-order chi connectivity index (χ1) is 7.16. The molecule has 0 bridgehead atoms. The van der Waals surface area contributed by atoms with E-state index in [9.17, 15) is 4.39 Å². The summed E-state index contributed by atoms with van der Waals surface area (Å²) in [4.78, 5) is 0. The van der Waals surface area contributed by atoms with Crippen LogP contribution in [-0.2, 0) is 4.74 Å². The molecule has 2 nitrogen and oxygen atoms in total. The quantitative estimate of drug-likeness (QED) is 0.573. The molecule has 3 heteroatoms. The number of aliphatic hydroxyl groups is 1. The largest absolute Gasteiger partial charge is 0.393 e. The van der Waals surface area contributed by atoms with Gasteiger partial charge >= 0.3 is 0 Å². The van der Waals surface area contributed by atoms with Gasteiger partial charge in [-0.05, 0) is 26.7 Å². The summed E-state index contributed by atoms with van der Waals surface area (Å²) < 4.78 is 18.0. The third-order valence-electron chi connectivity index (χ3n) is 2.31. The number of alkyl halides is 1. The summed E-state index contributed by atoms with van der Waals surface area (Å²) in [5.41, 5.74) is 0. The normalized spacial score (nSPS) is 13.4. The van der Waals surface area contributed by atoms with E-state index in [0.29, 0.717) is 12.5 Å². The van der Waals surface area contributed by atoms with Crippen molar-refractivity contribution in [1.82, 2.24) is 0 Å². The summed E-state index contributed by atoms with van der Waals surface area (Å²) >= 11 is 0. The van der Waals surface area contributed by atoms with Gasteiger partial charge in [0.15, 0.2) is 0 Å². The zero-order valence-corrected chi connectivity index (χ0v) is 10.0. The molecular weight excluding hydrogens is 195 g/mol. The molecule has 0 amide bonds. The van der Waals surface area contributed by atoms with Gasteiger partial charge in [0.1, 0.15) is 6.17 Å². The van der Waals surface area contributed by atoms with Crippen LogP contribution in [0.25, 0.3) is 0 Å². The number of unbranched alkanes of at least 4 members (excludes halogenated alkanes) is 4. The van der Waals surface area contributed by atoms with Crippen molar-refractivity contribution in [1.29, 1.82) is 0 Å². The Kier molecular flexibility index (Phi) is 10.3. The fourth-order valence-corrected chi connectivity index (χ4v) is 1.41. The average molecular weight is 220 g/mol. The lowest BCUT2D eigenvalue weighted by Gasteiger charge is -2.07. The van der Waals surface area contributed by atoms with Gasteiger partial charge < -0.3 is 9.84 Å². The highest BCUT2D eigenvalue weighted by Gasteiger charge is 2.02. The van der Waals surface area contributed by atoms with Gasteiger partial charge in [0.25, 0.3) is 0 Å². The van der Waals surface area contributed by atoms with E-state index in [1.165, 1.54) is 0 Å². The van der Waals surface area contributed by atoms with Crippen LogP contribution in [0.5, 0.6) is 0 Å². The van der Waals surface area contributed by atoms with Crippen molar-refractivity contribution in [3.05, 3.63) is 0 Å². The Morgan fingerprint density at radius 2 is 1.67 bits per heavy atom. The van der Waals surface area contributed by atoms with Crippen LogP contribution >= 0.6 is 0 Å². The van der Waals surface area contributed by atoms with Gasteiger partial charge in [0.2, 0.25) is 0 Å². The molecule has 92 valence electrons. The summed E-state index contributed by atoms with van der Waals surface area (Å²) in [5, 5.41) is 8.47. The van der Waals surface area contributed by atoms with Crippen LogP contribution < -0.4 is 0 Å². The topological polar surface area (TPSA) is 29.5 Å². The molecule has 0 rings (SSSR count). The van der Waals surface area contributed by atoms with Crippen molar-refractivity contribution in [2.75, 3.05) is 13.2 Å². The molecule has 0 spiro atoms. The Morgan fingerprint density at radius 3 is 2.27 bits per heavy atom. The van der Waals surface area contributed by atoms with Crippen LogP contribution in [0.4, 0.5) is 4.39 Å². The highest BCUT2D eigenvalue weighted by molar-refractivity contribution is 4.54. The van der Waals surface area contributed by atoms with Crippen molar-refractivity contribution >= 4 is 0 Å². The van der Waals surface area contributed by atoms with Crippen molar-refractivity contribution in [2.24, 2.45) is 0 Å². The van der Waals surface area contributed by atoms with E-state index >= 15 is 0 Å². The highest BCUT2D eigenvalue weighted by Crippen LogP contribution is 2.09. The maximum absolute atomic E-state index is 12.6. The standard InChI is InChI=1S/C12H25FO2/c1-11(2)15-9-7-5-3-4-6-8-12(13)10-14/h11-12,14H,3-10H2,1-2H3. The van der Waals surface area contributed by atoms with Crippen LogP contribution in [0.1, 0.15) is 52.4 Å². The van der Waals surface area contributed by atoms with E-state index in [0.717, 1.165) is 38.7 Å². The molecule has 0 radical (unpaired) electrons. The minimum Gasteiger partial charge on any atom is -0.393 e. The molecule has 1 unspecified atom stereocenters. The first-order valence-corrected chi connectivity index (χ1v) is 6.03. The van der Waals surface area contributed by atoms with Gasteiger partial charge in [-0.15, -0.1) is 0 Å². The second-order valence-electron chi connectivity index (χ2n) is 4.26. The summed E-state index contributed by atoms with van der Waals surface area (Å²) in [6, 6.07) is 0. The average Bonchev–Trinajstić information content (AvgIpc) is 2.21. The minimum atomic E-state index is -1.02. The van der Waals surface area contributed by atoms with Crippen LogP contribution in [-0.4, -0.2) is 30.6 Å². The molecule has 0 aromatic carbocycles. The molecule has 0 aliphatic carbocycles. The lowest BCUT2D eigenvalue weighted by molar-refractivity contribution is 0.0756. The van der Waals surface area contributed by atoms with Crippen LogP contribution in [0.2, 0.25) is 0 Å². The molecule has 0 saturated carbocycles. The summed E-state index contributed by atoms with van der Waals surface area (Å²) in [5.74, 6) is 0. The number of hydrogen-bond acceptors (Lipinski definition) is 2. The minimum absolute atomic E-state index is 0.321. The van der Waals surface area contributed by atoms with Gasteiger partial charge in [-0.2, -0.15) is 0 Å². The smallest absolute Gasteiger partial charge is 0.123 e. The molecule has 1 N–H and O–H groups in total. The van der Waals surface area contributed by atoms with Crippen molar-refractivity contribution < 1.29 is 14.2 Å². The van der Waals surface area contributed by atoms with Crippen LogP contribution in [0.3, 0.4) is 0 Å². The van der Waals surface area contributed by atoms with Gasteiger partial charge in [0.05, 0.1) is 12.7 Å². The number of aliphatic hydroxyl groups excluding tert-OH is 1. The van der Waals surface area contributed by atoms with Crippen molar-refractivity contribution in [2.45, 2.75) is 64.6 Å². The summed E-state index contributed by atoms with van der Waals surface area (Å²) in [6.45, 7) is 4.58. The van der Waals surface area contributed by atoms with E-state index in [4.69, 9.17) is 9.84 Å². The maximum atomic E-state index is 12.6. The van der Waals surface area contributed by atoms with E-state index in [-0.39, 0.29) is 6.61 Å². The predicted molar refractivity (Wildman–Crippen MR) is 60.8 cm³/mol. The van der Waals surface area contributed by atoms with Gasteiger partial charge in [-0.25, -0.2) is 4.39 Å². The third-order valence-corrected chi connectivity index (χ3v) is 2.31.